The van der Waals surface area contributed by atoms with Crippen molar-refractivity contribution in [2.45, 2.75) is 47.0 Å². The average Bonchev–Trinajstić information content (AvgIpc) is 2.02. The molecule has 0 aromatic heterocycles. The van der Waals surface area contributed by atoms with Gasteiger partial charge in [-0.2, -0.15) is 0 Å². The summed E-state index contributed by atoms with van der Waals surface area (Å²) in [6.07, 6.45) is 6.94. The molecule has 0 radical (unpaired) electrons. The topological polar surface area (TPSA) is 17.1 Å². The second-order valence-electron chi connectivity index (χ2n) is 4.76. The highest BCUT2D eigenvalue weighted by Crippen LogP contribution is 2.40. The lowest BCUT2D eigenvalue weighted by molar-refractivity contribution is -0.112. The van der Waals surface area contributed by atoms with Gasteiger partial charge in [0.15, 0.2) is 5.78 Å². The van der Waals surface area contributed by atoms with E-state index in [9.17, 15) is 4.79 Å². The van der Waals surface area contributed by atoms with Crippen LogP contribution >= 0.6 is 0 Å². The van der Waals surface area contributed by atoms with Crippen LogP contribution in [0.3, 0.4) is 0 Å². The highest BCUT2D eigenvalue weighted by atomic mass is 16.1. The molecule has 0 unspecified atom stereocenters. The van der Waals surface area contributed by atoms with Crippen LogP contribution in [0.1, 0.15) is 47.0 Å². The molecule has 0 fully saturated rings. The molecule has 0 spiro atoms. The molecule has 0 amide bonds. The van der Waals surface area contributed by atoms with E-state index in [1.165, 1.54) is 12.0 Å². The molecule has 1 nitrogen and oxygen atoms in total. The fourth-order valence-corrected chi connectivity index (χ4v) is 2.40. The van der Waals surface area contributed by atoms with Crippen LogP contribution < -0.4 is 0 Å². The average molecular weight is 192 g/mol. The monoisotopic (exact) mass is 192 g/mol. The predicted molar refractivity (Wildman–Crippen MR) is 60.2 cm³/mol. The Hall–Kier alpha value is -0.850. The number of hydrogen-bond acceptors (Lipinski definition) is 1. The number of rotatable bonds is 2. The molecule has 14 heavy (non-hydrogen) atoms. The minimum absolute atomic E-state index is 0.0684. The van der Waals surface area contributed by atoms with Crippen LogP contribution in [0.4, 0.5) is 0 Å². The van der Waals surface area contributed by atoms with Crippen molar-refractivity contribution < 1.29 is 4.79 Å². The molecule has 0 aliphatic heterocycles. The first-order chi connectivity index (χ1) is 6.49. The Bertz CT molecular complexity index is 292. The van der Waals surface area contributed by atoms with E-state index < -0.39 is 0 Å². The van der Waals surface area contributed by atoms with Crippen molar-refractivity contribution in [1.82, 2.24) is 0 Å². The summed E-state index contributed by atoms with van der Waals surface area (Å²) in [7, 11) is 0. The predicted octanol–water partition coefficient (Wildman–Crippen LogP) is 3.66. The Morgan fingerprint density at radius 1 is 1.43 bits per heavy atom. The Balaban J connectivity index is 3.07. The molecule has 0 bridgehead atoms. The maximum atomic E-state index is 11.9. The van der Waals surface area contributed by atoms with Gasteiger partial charge in [-0.1, -0.05) is 25.5 Å². The van der Waals surface area contributed by atoms with Crippen LogP contribution in [0.5, 0.6) is 0 Å². The van der Waals surface area contributed by atoms with E-state index >= 15 is 0 Å². The normalized spacial score (nSPS) is 21.7. The summed E-state index contributed by atoms with van der Waals surface area (Å²) in [6, 6.07) is 0. The molecular weight excluding hydrogens is 172 g/mol. The first-order valence-electron chi connectivity index (χ1n) is 5.36. The van der Waals surface area contributed by atoms with Gasteiger partial charge in [-0.05, 0) is 44.6 Å². The van der Waals surface area contributed by atoms with Gasteiger partial charge in [-0.15, -0.1) is 0 Å². The fourth-order valence-electron chi connectivity index (χ4n) is 2.40. The van der Waals surface area contributed by atoms with Gasteiger partial charge in [0.25, 0.3) is 0 Å². The molecule has 1 aliphatic rings. The maximum Gasteiger partial charge on any atom is 0.181 e. The first kappa shape index (κ1) is 11.2. The summed E-state index contributed by atoms with van der Waals surface area (Å²) in [6.45, 7) is 8.33. The van der Waals surface area contributed by atoms with Gasteiger partial charge >= 0.3 is 0 Å². The molecule has 0 aromatic carbocycles. The van der Waals surface area contributed by atoms with E-state index in [0.29, 0.717) is 0 Å². The molecule has 0 saturated heterocycles. The highest BCUT2D eigenvalue weighted by Gasteiger charge is 2.31. The number of carbonyl (C=O) groups excluding carboxylic acids is 1. The van der Waals surface area contributed by atoms with E-state index in [2.05, 4.69) is 20.8 Å². The second-order valence-corrected chi connectivity index (χ2v) is 4.76. The zero-order valence-electron chi connectivity index (χ0n) is 9.68. The van der Waals surface area contributed by atoms with Crippen molar-refractivity contribution in [3.8, 4) is 0 Å². The van der Waals surface area contributed by atoms with Crippen LogP contribution in [0.15, 0.2) is 23.3 Å². The van der Waals surface area contributed by atoms with Gasteiger partial charge < -0.3 is 0 Å². The van der Waals surface area contributed by atoms with E-state index in [4.69, 9.17) is 0 Å². The molecule has 0 saturated carbocycles. The van der Waals surface area contributed by atoms with E-state index in [1.807, 2.05) is 13.0 Å². The van der Waals surface area contributed by atoms with E-state index in [1.54, 1.807) is 6.08 Å². The smallest absolute Gasteiger partial charge is 0.181 e. The van der Waals surface area contributed by atoms with Crippen LogP contribution in [0, 0.1) is 5.41 Å². The fraction of sp³-hybridized carbons (Fsp3) is 0.615. The summed E-state index contributed by atoms with van der Waals surface area (Å²) in [5.74, 6) is 0.203. The Morgan fingerprint density at radius 2 is 2.07 bits per heavy atom. The third-order valence-electron chi connectivity index (χ3n) is 3.02. The Kier molecular flexibility index (Phi) is 3.30. The molecule has 78 valence electrons. The minimum Gasteiger partial charge on any atom is -0.290 e. The van der Waals surface area contributed by atoms with Crippen LogP contribution in [0.25, 0.3) is 0 Å². The van der Waals surface area contributed by atoms with Crippen molar-refractivity contribution in [2.24, 2.45) is 5.41 Å². The van der Waals surface area contributed by atoms with Gasteiger partial charge in [-0.25, -0.2) is 0 Å². The van der Waals surface area contributed by atoms with Crippen molar-refractivity contribution in [3.63, 3.8) is 0 Å². The summed E-state index contributed by atoms with van der Waals surface area (Å²) in [5.41, 5.74) is 2.39. The third kappa shape index (κ3) is 2.14. The molecule has 1 aliphatic carbocycles. The molecular formula is C13H20O. The highest BCUT2D eigenvalue weighted by molar-refractivity contribution is 6.05. The van der Waals surface area contributed by atoms with Crippen LogP contribution in [0.2, 0.25) is 0 Å². The van der Waals surface area contributed by atoms with Crippen LogP contribution in [-0.2, 0) is 4.79 Å². The van der Waals surface area contributed by atoms with Crippen molar-refractivity contribution in [1.29, 1.82) is 0 Å². The standard InChI is InChI=1S/C13H20O/c1-5-7-11(14)12-10(2)8-6-9-13(12,3)4/h5,7H,6,8-9H2,1-4H3/b7-5+. The maximum absolute atomic E-state index is 11.9. The third-order valence-corrected chi connectivity index (χ3v) is 3.02. The van der Waals surface area contributed by atoms with Crippen molar-refractivity contribution in [2.75, 3.05) is 0 Å². The summed E-state index contributed by atoms with van der Waals surface area (Å²) in [5, 5.41) is 0. The zero-order valence-corrected chi connectivity index (χ0v) is 9.68. The van der Waals surface area contributed by atoms with E-state index in [-0.39, 0.29) is 11.2 Å². The summed E-state index contributed by atoms with van der Waals surface area (Å²) in [4.78, 5) is 11.9. The molecule has 0 aromatic rings. The number of ketones is 1. The van der Waals surface area contributed by atoms with E-state index in [0.717, 1.165) is 18.4 Å². The lowest BCUT2D eigenvalue weighted by Crippen LogP contribution is -2.25. The zero-order chi connectivity index (χ0) is 10.8. The molecule has 0 heterocycles. The lowest BCUT2D eigenvalue weighted by atomic mass is 9.71. The minimum atomic E-state index is 0.0684. The summed E-state index contributed by atoms with van der Waals surface area (Å²) < 4.78 is 0. The molecule has 0 N–H and O–H groups in total. The van der Waals surface area contributed by atoms with Crippen molar-refractivity contribution >= 4 is 5.78 Å². The second kappa shape index (κ2) is 4.12. The number of allylic oxidation sites excluding steroid dienone is 4. The SMILES string of the molecule is C/C=C/C(=O)C1=C(C)CCCC1(C)C. The summed E-state index contributed by atoms with van der Waals surface area (Å²) >= 11 is 0. The number of carbonyl (C=O) groups is 1. The molecule has 1 heteroatoms. The molecule has 1 rings (SSSR count). The Labute approximate surface area is 86.9 Å². The van der Waals surface area contributed by atoms with Gasteiger partial charge in [0.1, 0.15) is 0 Å². The van der Waals surface area contributed by atoms with Gasteiger partial charge in [0.05, 0.1) is 0 Å². The van der Waals surface area contributed by atoms with Gasteiger partial charge in [0, 0.05) is 5.57 Å². The van der Waals surface area contributed by atoms with Gasteiger partial charge in [-0.3, -0.25) is 4.79 Å². The lowest BCUT2D eigenvalue weighted by Gasteiger charge is -2.32. The quantitative estimate of drug-likeness (QED) is 0.610. The van der Waals surface area contributed by atoms with Crippen molar-refractivity contribution in [3.05, 3.63) is 23.3 Å². The Morgan fingerprint density at radius 3 is 2.57 bits per heavy atom. The molecule has 0 atom stereocenters. The largest absolute Gasteiger partial charge is 0.290 e. The van der Waals surface area contributed by atoms with Crippen LogP contribution in [-0.4, -0.2) is 5.78 Å². The first-order valence-corrected chi connectivity index (χ1v) is 5.36. The number of hydrogen-bond donors (Lipinski definition) is 0. The van der Waals surface area contributed by atoms with Gasteiger partial charge in [0.2, 0.25) is 0 Å².